The number of carbonyl (C=O) groups is 3. The lowest BCUT2D eigenvalue weighted by Gasteiger charge is -2.31. The summed E-state index contributed by atoms with van der Waals surface area (Å²) >= 11 is 0. The molecule has 0 rings (SSSR count). The second-order valence-corrected chi connectivity index (χ2v) is 13.6. The Kier molecular flexibility index (Phi) is 30.3. The van der Waals surface area contributed by atoms with E-state index < -0.39 is 18.1 Å². The van der Waals surface area contributed by atoms with Crippen LogP contribution in [-0.4, -0.2) is 80.6 Å². The molecular formula is C41H70NO7+. The Bertz CT molecular complexity index is 990. The quantitative estimate of drug-likeness (QED) is 0.0325. The van der Waals surface area contributed by atoms with Gasteiger partial charge in [-0.15, -0.1) is 0 Å². The predicted molar refractivity (Wildman–Crippen MR) is 201 cm³/mol. The maximum atomic E-state index is 12.6. The van der Waals surface area contributed by atoms with Crippen molar-refractivity contribution in [3.8, 4) is 0 Å². The molecule has 0 aromatic carbocycles. The summed E-state index contributed by atoms with van der Waals surface area (Å²) in [6.07, 6.45) is 37.0. The summed E-state index contributed by atoms with van der Waals surface area (Å²) in [6.45, 7) is 4.48. The number of hydrogen-bond donors (Lipinski definition) is 1. The standard InChI is InChI=1S/C41H69NO7/c1-6-8-10-12-14-16-18-20-22-23-25-27-29-31-39(43)48-36-37(35-47-34-33-38(41(45)46)42(3,4)5)49-40(44)32-30-28-26-24-21-19-17-15-13-11-9-7-2/h8,10,12,14,16,18,20,22-23,25,37-38H,6-7,9,11,13,15,17,19,21,24,26-36H2,1-5H3/p+1/b10-8+,14-12+,18-16+,22-20+,25-23+. The molecule has 0 fully saturated rings. The lowest BCUT2D eigenvalue weighted by atomic mass is 10.0. The first-order chi connectivity index (χ1) is 23.6. The van der Waals surface area contributed by atoms with Gasteiger partial charge in [-0.3, -0.25) is 9.59 Å². The second kappa shape index (κ2) is 32.2. The lowest BCUT2D eigenvalue weighted by molar-refractivity contribution is -0.887. The van der Waals surface area contributed by atoms with E-state index in [1.54, 1.807) is 0 Å². The maximum absolute atomic E-state index is 12.6. The number of aliphatic carboxylic acids is 1. The van der Waals surface area contributed by atoms with E-state index >= 15 is 0 Å². The summed E-state index contributed by atoms with van der Waals surface area (Å²) in [5.74, 6) is -1.57. The molecule has 0 aromatic rings. The van der Waals surface area contributed by atoms with Gasteiger partial charge in [0.1, 0.15) is 6.61 Å². The molecule has 49 heavy (non-hydrogen) atoms. The fraction of sp³-hybridized carbons (Fsp3) is 0.683. The molecule has 8 heteroatoms. The number of rotatable bonds is 32. The minimum Gasteiger partial charge on any atom is -0.477 e. The smallest absolute Gasteiger partial charge is 0.362 e. The molecule has 0 aliphatic heterocycles. The van der Waals surface area contributed by atoms with Crippen LogP contribution in [0.3, 0.4) is 0 Å². The van der Waals surface area contributed by atoms with E-state index in [4.69, 9.17) is 14.2 Å². The first kappa shape index (κ1) is 46.0. The second-order valence-electron chi connectivity index (χ2n) is 13.6. The van der Waals surface area contributed by atoms with E-state index in [1.807, 2.05) is 75.8 Å². The van der Waals surface area contributed by atoms with Crippen molar-refractivity contribution in [2.24, 2.45) is 0 Å². The third kappa shape index (κ3) is 30.8. The molecule has 0 spiro atoms. The van der Waals surface area contributed by atoms with Crippen LogP contribution in [0.4, 0.5) is 0 Å². The van der Waals surface area contributed by atoms with Crippen molar-refractivity contribution in [1.82, 2.24) is 0 Å². The molecule has 280 valence electrons. The van der Waals surface area contributed by atoms with Gasteiger partial charge in [-0.2, -0.15) is 0 Å². The molecule has 0 heterocycles. The summed E-state index contributed by atoms with van der Waals surface area (Å²) < 4.78 is 17.1. The summed E-state index contributed by atoms with van der Waals surface area (Å²) in [7, 11) is 5.49. The Balaban J connectivity index is 4.56. The van der Waals surface area contributed by atoms with Crippen LogP contribution in [0.15, 0.2) is 60.8 Å². The molecule has 2 atom stereocenters. The molecular weight excluding hydrogens is 618 g/mol. The number of unbranched alkanes of at least 4 members (excludes halogenated alkanes) is 12. The van der Waals surface area contributed by atoms with Gasteiger partial charge in [0.15, 0.2) is 12.1 Å². The Morgan fingerprint density at radius 1 is 0.633 bits per heavy atom. The zero-order chi connectivity index (χ0) is 36.4. The van der Waals surface area contributed by atoms with E-state index in [0.717, 1.165) is 32.1 Å². The molecule has 0 radical (unpaired) electrons. The molecule has 0 saturated heterocycles. The Hall–Kier alpha value is -2.97. The number of carboxylic acid groups (broad SMARTS) is 1. The number of esters is 2. The minimum absolute atomic E-state index is 0.0374. The van der Waals surface area contributed by atoms with Crippen molar-refractivity contribution in [2.75, 3.05) is 41.0 Å². The third-order valence-corrected chi connectivity index (χ3v) is 8.06. The van der Waals surface area contributed by atoms with Gasteiger partial charge in [0.2, 0.25) is 0 Å². The Morgan fingerprint density at radius 2 is 1.14 bits per heavy atom. The number of carboxylic acids is 1. The van der Waals surface area contributed by atoms with Crippen LogP contribution in [-0.2, 0) is 28.6 Å². The zero-order valence-corrected chi connectivity index (χ0v) is 31.6. The van der Waals surface area contributed by atoms with Crippen LogP contribution in [0.2, 0.25) is 0 Å². The summed E-state index contributed by atoms with van der Waals surface area (Å²) in [5, 5.41) is 9.57. The van der Waals surface area contributed by atoms with E-state index in [1.165, 1.54) is 57.8 Å². The average molecular weight is 689 g/mol. The van der Waals surface area contributed by atoms with Crippen molar-refractivity contribution in [3.05, 3.63) is 60.8 Å². The maximum Gasteiger partial charge on any atom is 0.362 e. The molecule has 1 N–H and O–H groups in total. The van der Waals surface area contributed by atoms with Crippen molar-refractivity contribution in [2.45, 2.75) is 142 Å². The van der Waals surface area contributed by atoms with E-state index in [-0.39, 0.29) is 42.7 Å². The molecule has 0 bridgehead atoms. The molecule has 0 aliphatic carbocycles. The van der Waals surface area contributed by atoms with E-state index in [9.17, 15) is 19.5 Å². The van der Waals surface area contributed by atoms with Crippen LogP contribution in [0.5, 0.6) is 0 Å². The van der Waals surface area contributed by atoms with Crippen molar-refractivity contribution < 1.29 is 38.2 Å². The van der Waals surface area contributed by atoms with Crippen LogP contribution < -0.4 is 0 Å². The van der Waals surface area contributed by atoms with Gasteiger partial charge in [0, 0.05) is 19.3 Å². The summed E-state index contributed by atoms with van der Waals surface area (Å²) in [4.78, 5) is 36.7. The third-order valence-electron chi connectivity index (χ3n) is 8.06. The van der Waals surface area contributed by atoms with Gasteiger partial charge in [0.25, 0.3) is 0 Å². The monoisotopic (exact) mass is 689 g/mol. The van der Waals surface area contributed by atoms with Crippen LogP contribution in [0.25, 0.3) is 0 Å². The predicted octanol–water partition coefficient (Wildman–Crippen LogP) is 9.46. The SMILES string of the molecule is CC/C=C/C=C/C=C/C=C/C=C/CCCC(=O)OCC(COCCC(C(=O)O)[N+](C)(C)C)OC(=O)CCCCCCCCCCCCCC. The first-order valence-corrected chi connectivity index (χ1v) is 18.9. The molecule has 0 aliphatic rings. The van der Waals surface area contributed by atoms with E-state index in [0.29, 0.717) is 19.3 Å². The number of quaternary nitrogens is 1. The van der Waals surface area contributed by atoms with Gasteiger partial charge in [-0.05, 0) is 25.7 Å². The highest BCUT2D eigenvalue weighted by atomic mass is 16.6. The van der Waals surface area contributed by atoms with Gasteiger partial charge in [-0.25, -0.2) is 4.79 Å². The molecule has 0 saturated carbocycles. The van der Waals surface area contributed by atoms with Gasteiger partial charge in [0.05, 0.1) is 34.4 Å². The highest BCUT2D eigenvalue weighted by Gasteiger charge is 2.31. The number of nitrogens with zero attached hydrogens (tertiary/aromatic N) is 1. The van der Waals surface area contributed by atoms with Crippen LogP contribution >= 0.6 is 0 Å². The number of likely N-dealkylation sites (N-methyl/N-ethyl adjacent to an activating group) is 1. The van der Waals surface area contributed by atoms with Crippen LogP contribution in [0, 0.1) is 0 Å². The van der Waals surface area contributed by atoms with Gasteiger partial charge < -0.3 is 23.8 Å². The summed E-state index contributed by atoms with van der Waals surface area (Å²) in [5.41, 5.74) is 0. The van der Waals surface area contributed by atoms with Crippen molar-refractivity contribution in [1.29, 1.82) is 0 Å². The number of carbonyl (C=O) groups excluding carboxylic acids is 2. The van der Waals surface area contributed by atoms with Gasteiger partial charge in [-0.1, -0.05) is 145 Å². The lowest BCUT2D eigenvalue weighted by Crippen LogP contribution is -2.50. The Morgan fingerprint density at radius 3 is 1.67 bits per heavy atom. The average Bonchev–Trinajstić information content (AvgIpc) is 3.05. The van der Waals surface area contributed by atoms with E-state index in [2.05, 4.69) is 19.9 Å². The van der Waals surface area contributed by atoms with Crippen molar-refractivity contribution in [3.63, 3.8) is 0 Å². The molecule has 8 nitrogen and oxygen atoms in total. The molecule has 0 aromatic heterocycles. The topological polar surface area (TPSA) is 99.1 Å². The fourth-order valence-corrected chi connectivity index (χ4v) is 5.12. The Labute approximate surface area is 298 Å². The zero-order valence-electron chi connectivity index (χ0n) is 31.6. The number of ether oxygens (including phenoxy) is 3. The minimum atomic E-state index is -0.887. The van der Waals surface area contributed by atoms with Crippen molar-refractivity contribution >= 4 is 17.9 Å². The van der Waals surface area contributed by atoms with Crippen LogP contribution in [0.1, 0.15) is 129 Å². The largest absolute Gasteiger partial charge is 0.477 e. The molecule has 0 amide bonds. The highest BCUT2D eigenvalue weighted by molar-refractivity contribution is 5.72. The number of hydrogen-bond acceptors (Lipinski definition) is 6. The first-order valence-electron chi connectivity index (χ1n) is 18.9. The van der Waals surface area contributed by atoms with Gasteiger partial charge >= 0.3 is 17.9 Å². The highest BCUT2D eigenvalue weighted by Crippen LogP contribution is 2.14. The normalized spacial score (nSPS) is 13.7. The number of allylic oxidation sites excluding steroid dienone is 10. The fourth-order valence-electron chi connectivity index (χ4n) is 5.12. The summed E-state index contributed by atoms with van der Waals surface area (Å²) in [6, 6.07) is -0.624. The molecule has 2 unspecified atom stereocenters.